The Morgan fingerprint density at radius 1 is 1.32 bits per heavy atom. The molecule has 1 fully saturated rings. The van der Waals surface area contributed by atoms with Crippen molar-refractivity contribution in [2.45, 2.75) is 19.3 Å². The van der Waals surface area contributed by atoms with Crippen LogP contribution >= 0.6 is 0 Å². The van der Waals surface area contributed by atoms with Crippen LogP contribution in [0.15, 0.2) is 24.3 Å². The van der Waals surface area contributed by atoms with Crippen molar-refractivity contribution in [1.82, 2.24) is 5.32 Å². The van der Waals surface area contributed by atoms with E-state index in [9.17, 15) is 17.6 Å². The van der Waals surface area contributed by atoms with Gasteiger partial charge in [0.15, 0.2) is 16.4 Å². The summed E-state index contributed by atoms with van der Waals surface area (Å²) < 4.78 is 40.5. The number of halogens is 1. The first-order valence-electron chi connectivity index (χ1n) is 7.30. The number of amides is 1. The normalized spacial score (nSPS) is 19.8. The highest BCUT2D eigenvalue weighted by atomic mass is 32.2. The van der Waals surface area contributed by atoms with Gasteiger partial charge in [0.1, 0.15) is 11.6 Å². The summed E-state index contributed by atoms with van der Waals surface area (Å²) in [5, 5.41) is 2.72. The fourth-order valence-electron chi connectivity index (χ4n) is 2.45. The molecule has 5 nitrogen and oxygen atoms in total. The van der Waals surface area contributed by atoms with Gasteiger partial charge in [-0.25, -0.2) is 12.8 Å². The molecule has 7 heteroatoms. The zero-order valence-corrected chi connectivity index (χ0v) is 13.1. The van der Waals surface area contributed by atoms with Gasteiger partial charge in [-0.15, -0.1) is 0 Å². The molecule has 1 aliphatic rings. The third-order valence-electron chi connectivity index (χ3n) is 3.62. The zero-order valence-electron chi connectivity index (χ0n) is 12.3. The summed E-state index contributed by atoms with van der Waals surface area (Å²) in [6, 6.07) is 5.46. The Morgan fingerprint density at radius 2 is 2.05 bits per heavy atom. The Bertz CT molecular complexity index is 600. The van der Waals surface area contributed by atoms with Crippen molar-refractivity contribution in [2.75, 3.05) is 24.7 Å². The monoisotopic (exact) mass is 329 g/mol. The lowest BCUT2D eigenvalue weighted by atomic mass is 10.0. The van der Waals surface area contributed by atoms with E-state index in [0.717, 1.165) is 19.3 Å². The highest BCUT2D eigenvalue weighted by Gasteiger charge is 2.27. The van der Waals surface area contributed by atoms with Crippen LogP contribution in [0.4, 0.5) is 4.39 Å². The quantitative estimate of drug-likeness (QED) is 0.770. The van der Waals surface area contributed by atoms with E-state index in [1.807, 2.05) is 0 Å². The van der Waals surface area contributed by atoms with Crippen molar-refractivity contribution >= 4 is 15.7 Å². The number of carbonyl (C=O) groups is 1. The average Bonchev–Trinajstić information content (AvgIpc) is 2.82. The molecule has 2 rings (SSSR count). The van der Waals surface area contributed by atoms with Crippen LogP contribution in [0.5, 0.6) is 5.75 Å². The molecule has 1 aromatic carbocycles. The minimum atomic E-state index is -2.83. The number of nitrogens with one attached hydrogen (secondary N) is 1. The first kappa shape index (κ1) is 16.7. The van der Waals surface area contributed by atoms with E-state index < -0.39 is 9.84 Å². The van der Waals surface area contributed by atoms with Crippen LogP contribution in [0, 0.1) is 11.7 Å². The molecule has 0 aliphatic carbocycles. The fourth-order valence-corrected chi connectivity index (χ4v) is 4.36. The molecule has 1 amide bonds. The van der Waals surface area contributed by atoms with Gasteiger partial charge < -0.3 is 10.1 Å². The lowest BCUT2D eigenvalue weighted by Gasteiger charge is -2.09. The SMILES string of the molecule is O=C(COc1ccc(F)cc1)NCCCC1CCS(=O)(=O)C1. The molecule has 0 radical (unpaired) electrons. The minimum absolute atomic E-state index is 0.122. The number of carbonyl (C=O) groups excluding carboxylic acids is 1. The van der Waals surface area contributed by atoms with Crippen molar-refractivity contribution in [1.29, 1.82) is 0 Å². The maximum absolute atomic E-state index is 12.7. The van der Waals surface area contributed by atoms with Crippen molar-refractivity contribution in [3.05, 3.63) is 30.1 Å². The number of benzene rings is 1. The predicted octanol–water partition coefficient (Wildman–Crippen LogP) is 1.54. The van der Waals surface area contributed by atoms with Crippen LogP contribution in [-0.4, -0.2) is 39.0 Å². The van der Waals surface area contributed by atoms with Crippen LogP contribution in [0.1, 0.15) is 19.3 Å². The second-order valence-electron chi connectivity index (χ2n) is 5.50. The van der Waals surface area contributed by atoms with Gasteiger partial charge in [0.25, 0.3) is 5.91 Å². The first-order chi connectivity index (χ1) is 10.4. The molecule has 1 unspecified atom stereocenters. The van der Waals surface area contributed by atoms with E-state index in [0.29, 0.717) is 12.3 Å². The van der Waals surface area contributed by atoms with Gasteiger partial charge in [-0.05, 0) is 49.4 Å². The van der Waals surface area contributed by atoms with E-state index in [4.69, 9.17) is 4.74 Å². The van der Waals surface area contributed by atoms with E-state index in [1.54, 1.807) is 0 Å². The standard InChI is InChI=1S/C15H20FNO4S/c16-13-3-5-14(6-4-13)21-10-15(18)17-8-1-2-12-7-9-22(19,20)11-12/h3-6,12H,1-2,7-11H2,(H,17,18). The first-order valence-corrected chi connectivity index (χ1v) is 9.12. The molecule has 0 bridgehead atoms. The van der Waals surface area contributed by atoms with E-state index in [2.05, 4.69) is 5.32 Å². The highest BCUT2D eigenvalue weighted by molar-refractivity contribution is 7.91. The third kappa shape index (κ3) is 5.63. The number of ether oxygens (including phenoxy) is 1. The van der Waals surface area contributed by atoms with E-state index in [1.165, 1.54) is 24.3 Å². The van der Waals surface area contributed by atoms with Crippen LogP contribution < -0.4 is 10.1 Å². The van der Waals surface area contributed by atoms with Crippen molar-refractivity contribution in [3.8, 4) is 5.75 Å². The van der Waals surface area contributed by atoms with Crippen LogP contribution in [0.25, 0.3) is 0 Å². The molecule has 1 aromatic rings. The summed E-state index contributed by atoms with van der Waals surface area (Å²) in [6.45, 7) is 0.381. The van der Waals surface area contributed by atoms with E-state index >= 15 is 0 Å². The lowest BCUT2D eigenvalue weighted by Crippen LogP contribution is -2.30. The van der Waals surface area contributed by atoms with Crippen molar-refractivity contribution < 1.29 is 22.3 Å². The van der Waals surface area contributed by atoms with Gasteiger partial charge in [-0.2, -0.15) is 0 Å². The summed E-state index contributed by atoms with van der Waals surface area (Å²) in [5.74, 6) is 0.614. The number of hydrogen-bond donors (Lipinski definition) is 1. The third-order valence-corrected chi connectivity index (χ3v) is 5.46. The van der Waals surface area contributed by atoms with Gasteiger partial charge >= 0.3 is 0 Å². The Morgan fingerprint density at radius 3 is 2.68 bits per heavy atom. The summed E-state index contributed by atoms with van der Waals surface area (Å²) in [7, 11) is -2.83. The lowest BCUT2D eigenvalue weighted by molar-refractivity contribution is -0.123. The maximum atomic E-state index is 12.7. The van der Waals surface area contributed by atoms with Gasteiger partial charge in [0, 0.05) is 6.54 Å². The molecule has 0 aromatic heterocycles. The molecular formula is C15H20FNO4S. The molecular weight excluding hydrogens is 309 g/mol. The van der Waals surface area contributed by atoms with Gasteiger partial charge in [0.2, 0.25) is 0 Å². The highest BCUT2D eigenvalue weighted by Crippen LogP contribution is 2.22. The number of hydrogen-bond acceptors (Lipinski definition) is 4. The second-order valence-corrected chi connectivity index (χ2v) is 7.73. The molecule has 1 heterocycles. The smallest absolute Gasteiger partial charge is 0.257 e. The maximum Gasteiger partial charge on any atom is 0.257 e. The molecule has 1 saturated heterocycles. The average molecular weight is 329 g/mol. The van der Waals surface area contributed by atoms with Crippen molar-refractivity contribution in [2.24, 2.45) is 5.92 Å². The summed E-state index contributed by atoms with van der Waals surface area (Å²) in [6.07, 6.45) is 2.28. The molecule has 122 valence electrons. The Balaban J connectivity index is 1.57. The van der Waals surface area contributed by atoms with Crippen LogP contribution in [0.2, 0.25) is 0 Å². The summed E-state index contributed by atoms with van der Waals surface area (Å²) >= 11 is 0. The molecule has 0 spiro atoms. The Kier molecular flexibility index (Phi) is 5.76. The number of sulfone groups is 1. The number of rotatable bonds is 7. The predicted molar refractivity (Wildman–Crippen MR) is 80.9 cm³/mol. The molecule has 0 saturated carbocycles. The van der Waals surface area contributed by atoms with Crippen LogP contribution in [0.3, 0.4) is 0 Å². The molecule has 1 N–H and O–H groups in total. The van der Waals surface area contributed by atoms with Crippen molar-refractivity contribution in [3.63, 3.8) is 0 Å². The van der Waals surface area contributed by atoms with E-state index in [-0.39, 0.29) is 35.8 Å². The van der Waals surface area contributed by atoms with Gasteiger partial charge in [-0.3, -0.25) is 4.79 Å². The topological polar surface area (TPSA) is 72.5 Å². The van der Waals surface area contributed by atoms with Gasteiger partial charge in [0.05, 0.1) is 11.5 Å². The summed E-state index contributed by atoms with van der Waals surface area (Å²) in [5.41, 5.74) is 0. The molecule has 22 heavy (non-hydrogen) atoms. The zero-order chi connectivity index (χ0) is 16.0. The molecule has 1 aliphatic heterocycles. The molecule has 1 atom stereocenters. The largest absolute Gasteiger partial charge is 0.484 e. The second kappa shape index (κ2) is 7.58. The minimum Gasteiger partial charge on any atom is -0.484 e. The van der Waals surface area contributed by atoms with Gasteiger partial charge in [-0.1, -0.05) is 0 Å². The Labute approximate surface area is 129 Å². The Hall–Kier alpha value is -1.63. The van der Waals surface area contributed by atoms with Crippen LogP contribution in [-0.2, 0) is 14.6 Å². The summed E-state index contributed by atoms with van der Waals surface area (Å²) in [4.78, 5) is 11.6. The fraction of sp³-hybridized carbons (Fsp3) is 0.533.